The van der Waals surface area contributed by atoms with E-state index in [-0.39, 0.29) is 19.4 Å². The molecule has 1 fully saturated rings. The Morgan fingerprint density at radius 2 is 0.909 bits per heavy atom. The number of hydrogen-bond donors (Lipinski definition) is 4. The van der Waals surface area contributed by atoms with Gasteiger partial charge in [0.1, 0.15) is 36.8 Å². The molecular formula is C53H98O12S. The van der Waals surface area contributed by atoms with Gasteiger partial charge >= 0.3 is 11.9 Å². The summed E-state index contributed by atoms with van der Waals surface area (Å²) in [5.74, 6) is -1.99. The predicted octanol–water partition coefficient (Wildman–Crippen LogP) is 12.3. The number of esters is 2. The second-order valence-electron chi connectivity index (χ2n) is 19.0. The van der Waals surface area contributed by atoms with Gasteiger partial charge in [0.15, 0.2) is 12.4 Å². The number of allylic oxidation sites excluding steroid dienone is 1. The van der Waals surface area contributed by atoms with Crippen molar-refractivity contribution in [3.63, 3.8) is 0 Å². The van der Waals surface area contributed by atoms with Gasteiger partial charge in [-0.3, -0.25) is 14.1 Å². The maximum Gasteiger partial charge on any atom is 0.306 e. The highest BCUT2D eigenvalue weighted by Gasteiger charge is 2.46. The SMILES string of the molecule is CCCCCCCC=C=CCCCCCCCC(=O)O[C@H](COC(=O)CCCCCCCCCCCCCCCCCCCCCCCCC)CO[C@H]1O[C@H](CS(=O)(=O)O)[C@@H](O)C(O)C1O. The van der Waals surface area contributed by atoms with Crippen LogP contribution in [-0.4, -0.2) is 96.0 Å². The average Bonchev–Trinajstić information content (AvgIpc) is 3.28. The number of unbranched alkanes of at least 4 members (excludes halogenated alkanes) is 32. The summed E-state index contributed by atoms with van der Waals surface area (Å²) >= 11 is 0. The van der Waals surface area contributed by atoms with Crippen LogP contribution in [0, 0.1) is 0 Å². The largest absolute Gasteiger partial charge is 0.462 e. The Morgan fingerprint density at radius 3 is 1.32 bits per heavy atom. The van der Waals surface area contributed by atoms with Gasteiger partial charge in [-0.15, -0.1) is 5.73 Å². The smallest absolute Gasteiger partial charge is 0.306 e. The second kappa shape index (κ2) is 43.2. The molecule has 12 nitrogen and oxygen atoms in total. The summed E-state index contributed by atoms with van der Waals surface area (Å²) in [6, 6.07) is 0. The van der Waals surface area contributed by atoms with Crippen molar-refractivity contribution in [3.05, 3.63) is 17.9 Å². The normalized spacial score (nSPS) is 19.0. The monoisotopic (exact) mass is 959 g/mol. The Kier molecular flexibility index (Phi) is 40.7. The Bertz CT molecular complexity index is 1320. The molecule has 2 unspecified atom stereocenters. The molecule has 0 amide bonds. The van der Waals surface area contributed by atoms with E-state index in [0.717, 1.165) is 57.8 Å². The number of hydrogen-bond acceptors (Lipinski definition) is 11. The maximum absolute atomic E-state index is 12.9. The van der Waals surface area contributed by atoms with Crippen molar-refractivity contribution in [2.45, 2.75) is 288 Å². The molecule has 1 aliphatic heterocycles. The van der Waals surface area contributed by atoms with E-state index in [1.807, 2.05) is 0 Å². The fraction of sp³-hybridized carbons (Fsp3) is 0.906. The zero-order chi connectivity index (χ0) is 48.4. The van der Waals surface area contributed by atoms with Crippen LogP contribution in [0.25, 0.3) is 0 Å². The zero-order valence-corrected chi connectivity index (χ0v) is 42.7. The van der Waals surface area contributed by atoms with E-state index in [4.69, 9.17) is 18.9 Å². The zero-order valence-electron chi connectivity index (χ0n) is 41.9. The highest BCUT2D eigenvalue weighted by atomic mass is 32.2. The van der Waals surface area contributed by atoms with Crippen LogP contribution in [0.5, 0.6) is 0 Å². The van der Waals surface area contributed by atoms with E-state index in [0.29, 0.717) is 12.8 Å². The van der Waals surface area contributed by atoms with Crippen LogP contribution in [0.15, 0.2) is 17.9 Å². The van der Waals surface area contributed by atoms with Gasteiger partial charge in [-0.05, 0) is 50.7 Å². The summed E-state index contributed by atoms with van der Waals surface area (Å²) in [6.45, 7) is 3.77. The molecule has 1 rings (SSSR count). The average molecular weight is 959 g/mol. The molecule has 1 saturated heterocycles. The van der Waals surface area contributed by atoms with E-state index < -0.39 is 71.2 Å². The van der Waals surface area contributed by atoms with Crippen LogP contribution in [-0.2, 0) is 38.7 Å². The van der Waals surface area contributed by atoms with Crippen molar-refractivity contribution in [1.29, 1.82) is 0 Å². The quantitative estimate of drug-likeness (QED) is 0.0196. The molecule has 1 heterocycles. The number of aliphatic hydroxyl groups is 3. The lowest BCUT2D eigenvalue weighted by Crippen LogP contribution is -2.60. The van der Waals surface area contributed by atoms with Gasteiger partial charge in [0.05, 0.1) is 6.61 Å². The molecule has 0 aromatic heterocycles. The summed E-state index contributed by atoms with van der Waals surface area (Å²) in [4.78, 5) is 25.5. The first kappa shape index (κ1) is 62.2. The van der Waals surface area contributed by atoms with Crippen LogP contribution in [0.3, 0.4) is 0 Å². The summed E-state index contributed by atoms with van der Waals surface area (Å²) in [5, 5.41) is 31.0. The lowest BCUT2D eigenvalue weighted by atomic mass is 10.00. The molecule has 0 radical (unpaired) electrons. The number of rotatable bonds is 46. The first-order chi connectivity index (χ1) is 32.0. The van der Waals surface area contributed by atoms with Gasteiger partial charge in [0, 0.05) is 12.8 Å². The van der Waals surface area contributed by atoms with E-state index >= 15 is 0 Å². The lowest BCUT2D eigenvalue weighted by Gasteiger charge is -2.40. The molecule has 0 spiro atoms. The fourth-order valence-electron chi connectivity index (χ4n) is 8.42. The topological polar surface area (TPSA) is 186 Å². The first-order valence-electron chi connectivity index (χ1n) is 27.0. The third-order valence-corrected chi connectivity index (χ3v) is 13.4. The van der Waals surface area contributed by atoms with Crippen LogP contribution < -0.4 is 0 Å². The van der Waals surface area contributed by atoms with Gasteiger partial charge in [0.25, 0.3) is 10.1 Å². The molecule has 0 aromatic carbocycles. The molecule has 1 aliphatic rings. The van der Waals surface area contributed by atoms with E-state index in [1.54, 1.807) is 0 Å². The number of carbonyl (C=O) groups is 2. The van der Waals surface area contributed by atoms with Gasteiger partial charge in [0.2, 0.25) is 0 Å². The Hall–Kier alpha value is -1.83. The molecular weight excluding hydrogens is 861 g/mol. The molecule has 6 atom stereocenters. The van der Waals surface area contributed by atoms with Crippen LogP contribution in [0.2, 0.25) is 0 Å². The van der Waals surface area contributed by atoms with Crippen molar-refractivity contribution < 1.29 is 56.8 Å². The minimum Gasteiger partial charge on any atom is -0.462 e. The summed E-state index contributed by atoms with van der Waals surface area (Å²) in [5.41, 5.74) is 3.28. The Labute approximate surface area is 402 Å². The Balaban J connectivity index is 2.32. The second-order valence-corrected chi connectivity index (χ2v) is 20.5. The van der Waals surface area contributed by atoms with Gasteiger partial charge in [-0.25, -0.2) is 0 Å². The van der Waals surface area contributed by atoms with Crippen molar-refractivity contribution in [3.8, 4) is 0 Å². The summed E-state index contributed by atoms with van der Waals surface area (Å²) in [7, 11) is -4.61. The van der Waals surface area contributed by atoms with Crippen LogP contribution in [0.4, 0.5) is 0 Å². The minimum atomic E-state index is -4.61. The highest BCUT2D eigenvalue weighted by molar-refractivity contribution is 7.85. The summed E-state index contributed by atoms with van der Waals surface area (Å²) < 4.78 is 54.2. The number of ether oxygens (including phenoxy) is 4. The third kappa shape index (κ3) is 37.1. The minimum absolute atomic E-state index is 0.148. The predicted molar refractivity (Wildman–Crippen MR) is 265 cm³/mol. The van der Waals surface area contributed by atoms with Gasteiger partial charge in [-0.2, -0.15) is 8.42 Å². The molecule has 4 N–H and O–H groups in total. The molecule has 388 valence electrons. The fourth-order valence-corrected chi connectivity index (χ4v) is 9.11. The molecule has 13 heteroatoms. The third-order valence-electron chi connectivity index (χ3n) is 12.6. The van der Waals surface area contributed by atoms with E-state index in [9.17, 15) is 37.9 Å². The standard InChI is InChI=1S/C53H98O12S/c1-3-5-7-9-11-13-15-17-19-20-21-22-23-24-25-26-28-29-31-33-35-37-39-41-48(54)62-43-46(44-63-53-52(58)51(57)50(56)47(65-53)45-66(59,60)61)64-49(55)42-40-38-36-34-32-30-27-18-16-14-12-10-8-6-4-2/h16,27,46-47,50-53,56-58H,3-15,17,19-26,28-45H2,1-2H3,(H,59,60,61)/t18?,46-,47-,50-,51?,52?,53+/m1/s1. The summed E-state index contributed by atoms with van der Waals surface area (Å²) in [6.07, 6.45) is 37.5. The van der Waals surface area contributed by atoms with E-state index in [2.05, 4.69) is 31.7 Å². The number of carbonyl (C=O) groups excluding carboxylic acids is 2. The van der Waals surface area contributed by atoms with Crippen molar-refractivity contribution >= 4 is 22.1 Å². The van der Waals surface area contributed by atoms with Gasteiger partial charge in [-0.1, -0.05) is 200 Å². The van der Waals surface area contributed by atoms with Crippen molar-refractivity contribution in [1.82, 2.24) is 0 Å². The van der Waals surface area contributed by atoms with E-state index in [1.165, 1.54) is 154 Å². The maximum atomic E-state index is 12.9. The molecule has 0 aliphatic carbocycles. The number of aliphatic hydroxyl groups excluding tert-OH is 3. The van der Waals surface area contributed by atoms with Crippen molar-refractivity contribution in [2.75, 3.05) is 19.0 Å². The molecule has 0 aromatic rings. The lowest BCUT2D eigenvalue weighted by molar-refractivity contribution is -0.297. The first-order valence-corrected chi connectivity index (χ1v) is 28.6. The molecule has 66 heavy (non-hydrogen) atoms. The molecule has 0 saturated carbocycles. The highest BCUT2D eigenvalue weighted by Crippen LogP contribution is 2.24. The molecule has 0 bridgehead atoms. The van der Waals surface area contributed by atoms with Crippen molar-refractivity contribution in [2.24, 2.45) is 0 Å². The Morgan fingerprint density at radius 1 is 0.530 bits per heavy atom. The van der Waals surface area contributed by atoms with Crippen LogP contribution >= 0.6 is 0 Å². The van der Waals surface area contributed by atoms with Gasteiger partial charge < -0.3 is 34.3 Å². The van der Waals surface area contributed by atoms with Crippen LogP contribution in [0.1, 0.15) is 251 Å².